The van der Waals surface area contributed by atoms with E-state index >= 15 is 0 Å². The molecule has 0 nitrogen and oxygen atoms in total. The van der Waals surface area contributed by atoms with Gasteiger partial charge in [0.1, 0.15) is 0 Å². The Labute approximate surface area is 175 Å². The van der Waals surface area contributed by atoms with E-state index in [2.05, 4.69) is 124 Å². The second-order valence-electron chi connectivity index (χ2n) is 4.23. The van der Waals surface area contributed by atoms with Gasteiger partial charge in [0.15, 0.2) is 0 Å². The average Bonchev–Trinajstić information content (AvgIpc) is 2.72. The van der Waals surface area contributed by atoms with E-state index in [9.17, 15) is 0 Å². The standard InChI is InChI=1S/C13H3Br7/c14-4-2-1-3-5(9(4)16)6-7(8(3)15)11(18)13(20)12(19)10(6)17/h1-2,8H. The van der Waals surface area contributed by atoms with Crippen molar-refractivity contribution in [3.8, 4) is 11.1 Å². The van der Waals surface area contributed by atoms with Gasteiger partial charge in [-0.1, -0.05) is 22.0 Å². The lowest BCUT2D eigenvalue weighted by Gasteiger charge is -2.13. The highest BCUT2D eigenvalue weighted by Crippen LogP contribution is 2.59. The monoisotopic (exact) mass is 711 g/mol. The molecule has 0 fully saturated rings. The summed E-state index contributed by atoms with van der Waals surface area (Å²) in [7, 11) is 0. The number of rotatable bonds is 0. The summed E-state index contributed by atoms with van der Waals surface area (Å²) in [5, 5.41) is 0. The van der Waals surface area contributed by atoms with Crippen LogP contribution in [0.1, 0.15) is 16.0 Å². The van der Waals surface area contributed by atoms with Crippen molar-refractivity contribution in [2.45, 2.75) is 4.83 Å². The first-order valence-corrected chi connectivity index (χ1v) is 11.0. The Morgan fingerprint density at radius 1 is 0.650 bits per heavy atom. The molecule has 2 aromatic rings. The highest BCUT2D eigenvalue weighted by Gasteiger charge is 2.35. The molecule has 3 rings (SSSR count). The fraction of sp³-hybridized carbons (Fsp3) is 0.0769. The van der Waals surface area contributed by atoms with Crippen molar-refractivity contribution in [2.24, 2.45) is 0 Å². The third kappa shape index (κ3) is 2.33. The smallest absolute Gasteiger partial charge is 0.0669 e. The molecule has 0 heterocycles. The minimum absolute atomic E-state index is 0.159. The number of benzene rings is 2. The van der Waals surface area contributed by atoms with Gasteiger partial charge in [-0.3, -0.25) is 0 Å². The van der Waals surface area contributed by atoms with Crippen LogP contribution in [0.15, 0.2) is 39.0 Å². The number of alkyl halides is 1. The van der Waals surface area contributed by atoms with Gasteiger partial charge in [0.25, 0.3) is 0 Å². The minimum Gasteiger partial charge on any atom is -0.0786 e. The lowest BCUT2D eigenvalue weighted by Crippen LogP contribution is -1.90. The average molecular weight is 718 g/mol. The maximum atomic E-state index is 3.82. The van der Waals surface area contributed by atoms with E-state index in [1.54, 1.807) is 0 Å². The number of hydrogen-bond acceptors (Lipinski definition) is 0. The first kappa shape index (κ1) is 16.7. The fourth-order valence-electron chi connectivity index (χ4n) is 2.32. The summed E-state index contributed by atoms with van der Waals surface area (Å²) >= 11 is 25.8. The summed E-state index contributed by atoms with van der Waals surface area (Å²) in [4.78, 5) is 0.159. The first-order valence-electron chi connectivity index (χ1n) is 5.34. The van der Waals surface area contributed by atoms with E-state index in [-0.39, 0.29) is 4.83 Å². The number of halogens is 7. The van der Waals surface area contributed by atoms with Crippen molar-refractivity contribution in [2.75, 3.05) is 0 Å². The van der Waals surface area contributed by atoms with Crippen LogP contribution in [0.2, 0.25) is 0 Å². The van der Waals surface area contributed by atoms with Crippen LogP contribution in [-0.2, 0) is 0 Å². The predicted molar refractivity (Wildman–Crippen MR) is 109 cm³/mol. The Morgan fingerprint density at radius 3 is 1.90 bits per heavy atom. The van der Waals surface area contributed by atoms with Gasteiger partial charge in [-0.2, -0.15) is 0 Å². The predicted octanol–water partition coefficient (Wildman–Crippen LogP) is 8.73. The third-order valence-corrected chi connectivity index (χ3v) is 11.0. The van der Waals surface area contributed by atoms with Crippen molar-refractivity contribution >= 4 is 112 Å². The van der Waals surface area contributed by atoms with E-state index in [1.165, 1.54) is 22.3 Å². The Bertz CT molecular complexity index is 751. The van der Waals surface area contributed by atoms with E-state index in [0.717, 1.165) is 26.8 Å². The topological polar surface area (TPSA) is 0 Å². The second-order valence-corrected chi connectivity index (χ2v) is 9.97. The highest BCUT2D eigenvalue weighted by atomic mass is 79.9. The molecule has 0 radical (unpaired) electrons. The van der Waals surface area contributed by atoms with Gasteiger partial charge in [0.2, 0.25) is 0 Å². The Balaban J connectivity index is 2.51. The zero-order valence-corrected chi connectivity index (χ0v) is 20.5. The van der Waals surface area contributed by atoms with Crippen LogP contribution in [0, 0.1) is 0 Å². The van der Waals surface area contributed by atoms with Gasteiger partial charge < -0.3 is 0 Å². The van der Waals surface area contributed by atoms with Crippen LogP contribution in [0.4, 0.5) is 0 Å². The number of hydrogen-bond donors (Lipinski definition) is 0. The van der Waals surface area contributed by atoms with Crippen molar-refractivity contribution in [1.29, 1.82) is 0 Å². The molecular weight excluding hydrogens is 715 g/mol. The van der Waals surface area contributed by atoms with Crippen molar-refractivity contribution in [1.82, 2.24) is 0 Å². The maximum Gasteiger partial charge on any atom is 0.0669 e. The molecule has 1 atom stereocenters. The molecule has 0 saturated heterocycles. The quantitative estimate of drug-likeness (QED) is 0.145. The van der Waals surface area contributed by atoms with Gasteiger partial charge in [-0.15, -0.1) is 0 Å². The molecular formula is C13H3Br7. The molecule has 2 aromatic carbocycles. The van der Waals surface area contributed by atoms with E-state index in [4.69, 9.17) is 0 Å². The molecule has 1 aliphatic rings. The van der Waals surface area contributed by atoms with Crippen molar-refractivity contribution in [3.63, 3.8) is 0 Å². The summed E-state index contributed by atoms with van der Waals surface area (Å²) < 4.78 is 6.23. The molecule has 0 aromatic heterocycles. The van der Waals surface area contributed by atoms with Gasteiger partial charge in [0.05, 0.1) is 4.83 Å². The summed E-state index contributed by atoms with van der Waals surface area (Å²) in [6, 6.07) is 4.21. The SMILES string of the molecule is Brc1ccc2c(c1Br)-c1c(Br)c(Br)c(Br)c(Br)c1C2Br. The maximum absolute atomic E-state index is 3.82. The second kappa shape index (κ2) is 6.02. The summed E-state index contributed by atoms with van der Waals surface area (Å²) in [6.45, 7) is 0. The first-order chi connectivity index (χ1) is 9.36. The Morgan fingerprint density at radius 2 is 1.25 bits per heavy atom. The molecule has 0 spiro atoms. The van der Waals surface area contributed by atoms with Crippen LogP contribution in [0.25, 0.3) is 11.1 Å². The normalized spacial score (nSPS) is 16.2. The van der Waals surface area contributed by atoms with Crippen molar-refractivity contribution in [3.05, 3.63) is 50.1 Å². The summed E-state index contributed by atoms with van der Waals surface area (Å²) in [5.74, 6) is 0. The van der Waals surface area contributed by atoms with Gasteiger partial charge in [-0.05, 0) is 113 Å². The van der Waals surface area contributed by atoms with Crippen LogP contribution < -0.4 is 0 Å². The molecule has 0 saturated carbocycles. The summed E-state index contributed by atoms with van der Waals surface area (Å²) in [6.07, 6.45) is 0. The minimum atomic E-state index is 0.159. The molecule has 0 amide bonds. The zero-order valence-electron chi connectivity index (χ0n) is 9.38. The van der Waals surface area contributed by atoms with E-state index in [0.29, 0.717) is 0 Å². The molecule has 1 aliphatic carbocycles. The zero-order chi connectivity index (χ0) is 14.8. The largest absolute Gasteiger partial charge is 0.0786 e. The molecule has 7 heteroatoms. The summed E-state index contributed by atoms with van der Waals surface area (Å²) in [5.41, 5.74) is 4.87. The highest BCUT2D eigenvalue weighted by molar-refractivity contribution is 9.15. The van der Waals surface area contributed by atoms with Gasteiger partial charge in [-0.25, -0.2) is 0 Å². The Hall–Kier alpha value is 1.80. The lowest BCUT2D eigenvalue weighted by molar-refractivity contribution is 1.21. The van der Waals surface area contributed by atoms with Crippen LogP contribution in [0.3, 0.4) is 0 Å². The van der Waals surface area contributed by atoms with Gasteiger partial charge >= 0.3 is 0 Å². The fourth-order valence-corrected chi connectivity index (χ4v) is 6.93. The molecule has 104 valence electrons. The molecule has 1 unspecified atom stereocenters. The van der Waals surface area contributed by atoms with Crippen LogP contribution in [-0.4, -0.2) is 0 Å². The van der Waals surface area contributed by atoms with Crippen LogP contribution in [0.5, 0.6) is 0 Å². The lowest BCUT2D eigenvalue weighted by atomic mass is 10.1. The van der Waals surface area contributed by atoms with Crippen molar-refractivity contribution < 1.29 is 0 Å². The molecule has 0 aliphatic heterocycles. The number of fused-ring (bicyclic) bond motifs is 3. The Kier molecular flexibility index (Phi) is 5.01. The van der Waals surface area contributed by atoms with E-state index < -0.39 is 0 Å². The molecule has 0 N–H and O–H groups in total. The van der Waals surface area contributed by atoms with Gasteiger partial charge in [0, 0.05) is 38.0 Å². The molecule has 0 bridgehead atoms. The van der Waals surface area contributed by atoms with Crippen LogP contribution >= 0.6 is 112 Å². The molecule has 20 heavy (non-hydrogen) atoms. The van der Waals surface area contributed by atoms with E-state index in [1.807, 2.05) is 0 Å². The third-order valence-electron chi connectivity index (χ3n) is 3.21.